The van der Waals surface area contributed by atoms with E-state index in [0.717, 1.165) is 8.95 Å². The van der Waals surface area contributed by atoms with Crippen LogP contribution in [0.5, 0.6) is 5.75 Å². The summed E-state index contributed by atoms with van der Waals surface area (Å²) in [4.78, 5) is 24.2. The molecule has 1 aromatic heterocycles. The van der Waals surface area contributed by atoms with Crippen LogP contribution in [0.15, 0.2) is 85.4 Å². The summed E-state index contributed by atoms with van der Waals surface area (Å²) in [6.07, 6.45) is 5.68. The number of esters is 1. The van der Waals surface area contributed by atoms with Gasteiger partial charge < -0.3 is 9.15 Å². The van der Waals surface area contributed by atoms with Gasteiger partial charge in [0.1, 0.15) is 11.5 Å². The molecular formula is C21H14Br2N2O4. The van der Waals surface area contributed by atoms with Gasteiger partial charge in [-0.1, -0.05) is 37.9 Å². The topological polar surface area (TPSA) is 80.9 Å². The molecule has 0 aliphatic carbocycles. The van der Waals surface area contributed by atoms with E-state index in [-0.39, 0.29) is 5.91 Å². The molecular weight excluding hydrogens is 504 g/mol. The summed E-state index contributed by atoms with van der Waals surface area (Å²) in [5.41, 5.74) is 3.41. The molecule has 0 aliphatic rings. The SMILES string of the molecule is O=C(C=Cc1ccco1)Oc1ccc(Br)cc1C=NNC(=O)c1cccc(Br)c1. The highest BCUT2D eigenvalue weighted by molar-refractivity contribution is 9.10. The van der Waals surface area contributed by atoms with E-state index in [0.29, 0.717) is 22.6 Å². The number of hydrogen-bond donors (Lipinski definition) is 1. The van der Waals surface area contributed by atoms with Crippen LogP contribution >= 0.6 is 31.9 Å². The summed E-state index contributed by atoms with van der Waals surface area (Å²) in [5.74, 6) is -0.105. The average Bonchev–Trinajstić information content (AvgIpc) is 3.22. The summed E-state index contributed by atoms with van der Waals surface area (Å²) < 4.78 is 12.0. The van der Waals surface area contributed by atoms with Crippen molar-refractivity contribution in [3.63, 3.8) is 0 Å². The van der Waals surface area contributed by atoms with Gasteiger partial charge in [-0.25, -0.2) is 10.2 Å². The van der Waals surface area contributed by atoms with Crippen molar-refractivity contribution in [1.82, 2.24) is 5.43 Å². The molecule has 29 heavy (non-hydrogen) atoms. The third-order valence-electron chi connectivity index (χ3n) is 3.57. The maximum atomic E-state index is 12.2. The number of hydrazone groups is 1. The summed E-state index contributed by atoms with van der Waals surface area (Å²) in [5, 5.41) is 3.96. The molecule has 0 unspecified atom stereocenters. The molecule has 1 heterocycles. The molecule has 6 nitrogen and oxygen atoms in total. The molecule has 0 spiro atoms. The summed E-state index contributed by atoms with van der Waals surface area (Å²) in [6, 6.07) is 15.4. The minimum absolute atomic E-state index is 0.294. The highest BCUT2D eigenvalue weighted by Crippen LogP contribution is 2.22. The lowest BCUT2D eigenvalue weighted by atomic mass is 10.2. The highest BCUT2D eigenvalue weighted by Gasteiger charge is 2.08. The molecule has 0 fully saturated rings. The van der Waals surface area contributed by atoms with Crippen LogP contribution in [0.2, 0.25) is 0 Å². The van der Waals surface area contributed by atoms with E-state index in [1.54, 1.807) is 48.5 Å². The second-order valence-corrected chi connectivity index (χ2v) is 7.49. The van der Waals surface area contributed by atoms with Crippen LogP contribution in [-0.4, -0.2) is 18.1 Å². The Morgan fingerprint density at radius 2 is 1.86 bits per heavy atom. The van der Waals surface area contributed by atoms with Crippen LogP contribution in [0.1, 0.15) is 21.7 Å². The van der Waals surface area contributed by atoms with Crippen LogP contribution in [0, 0.1) is 0 Å². The first-order chi connectivity index (χ1) is 14.0. The molecule has 8 heteroatoms. The minimum atomic E-state index is -0.573. The molecule has 146 valence electrons. The molecule has 3 aromatic rings. The lowest BCUT2D eigenvalue weighted by molar-refractivity contribution is -0.128. The summed E-state index contributed by atoms with van der Waals surface area (Å²) in [7, 11) is 0. The van der Waals surface area contributed by atoms with Gasteiger partial charge in [-0.05, 0) is 54.6 Å². The van der Waals surface area contributed by atoms with Crippen molar-refractivity contribution in [2.45, 2.75) is 0 Å². The minimum Gasteiger partial charge on any atom is -0.465 e. The Morgan fingerprint density at radius 1 is 1.03 bits per heavy atom. The van der Waals surface area contributed by atoms with Gasteiger partial charge in [-0.15, -0.1) is 0 Å². The van der Waals surface area contributed by atoms with E-state index >= 15 is 0 Å². The highest BCUT2D eigenvalue weighted by atomic mass is 79.9. The number of carbonyl (C=O) groups excluding carboxylic acids is 2. The van der Waals surface area contributed by atoms with Crippen molar-refractivity contribution in [2.75, 3.05) is 0 Å². The van der Waals surface area contributed by atoms with Crippen molar-refractivity contribution in [1.29, 1.82) is 0 Å². The quantitative estimate of drug-likeness (QED) is 0.160. The van der Waals surface area contributed by atoms with Crippen molar-refractivity contribution >= 4 is 56.0 Å². The van der Waals surface area contributed by atoms with Gasteiger partial charge >= 0.3 is 5.97 Å². The molecule has 1 N–H and O–H groups in total. The van der Waals surface area contributed by atoms with Gasteiger partial charge in [-0.2, -0.15) is 5.10 Å². The van der Waals surface area contributed by atoms with Gasteiger partial charge in [0.25, 0.3) is 5.91 Å². The monoisotopic (exact) mass is 516 g/mol. The Bertz CT molecular complexity index is 1080. The second kappa shape index (κ2) is 9.99. The van der Waals surface area contributed by atoms with Crippen molar-refractivity contribution in [2.24, 2.45) is 5.10 Å². The maximum Gasteiger partial charge on any atom is 0.336 e. The van der Waals surface area contributed by atoms with Crippen LogP contribution in [0.25, 0.3) is 6.08 Å². The summed E-state index contributed by atoms with van der Waals surface area (Å²) >= 11 is 6.68. The number of furan rings is 1. The zero-order chi connectivity index (χ0) is 20.6. The Balaban J connectivity index is 1.68. The second-order valence-electron chi connectivity index (χ2n) is 5.66. The molecule has 3 rings (SSSR count). The van der Waals surface area contributed by atoms with Gasteiger partial charge in [0.05, 0.1) is 12.5 Å². The first kappa shape index (κ1) is 20.8. The lowest BCUT2D eigenvalue weighted by Gasteiger charge is -2.06. The predicted octanol–water partition coefficient (Wildman–Crippen LogP) is 5.19. The number of benzene rings is 2. The Labute approximate surface area is 183 Å². The van der Waals surface area contributed by atoms with Crippen LogP contribution in [-0.2, 0) is 4.79 Å². The number of hydrogen-bond acceptors (Lipinski definition) is 5. The fourth-order valence-electron chi connectivity index (χ4n) is 2.25. The van der Waals surface area contributed by atoms with E-state index in [9.17, 15) is 9.59 Å². The fourth-order valence-corrected chi connectivity index (χ4v) is 3.02. The van der Waals surface area contributed by atoms with Crippen LogP contribution in [0.4, 0.5) is 0 Å². The number of nitrogens with zero attached hydrogens (tertiary/aromatic N) is 1. The zero-order valence-corrected chi connectivity index (χ0v) is 18.0. The Morgan fingerprint density at radius 3 is 2.62 bits per heavy atom. The molecule has 0 aliphatic heterocycles. The van der Waals surface area contributed by atoms with Crippen LogP contribution in [0.3, 0.4) is 0 Å². The van der Waals surface area contributed by atoms with Gasteiger partial charge in [-0.3, -0.25) is 4.79 Å². The van der Waals surface area contributed by atoms with E-state index in [4.69, 9.17) is 9.15 Å². The van der Waals surface area contributed by atoms with Gasteiger partial charge in [0.2, 0.25) is 0 Å². The van der Waals surface area contributed by atoms with Gasteiger partial charge in [0, 0.05) is 26.1 Å². The average molecular weight is 518 g/mol. The smallest absolute Gasteiger partial charge is 0.336 e. The number of rotatable bonds is 6. The molecule has 2 aromatic carbocycles. The summed E-state index contributed by atoms with van der Waals surface area (Å²) in [6.45, 7) is 0. The van der Waals surface area contributed by atoms with Crippen molar-refractivity contribution in [3.8, 4) is 5.75 Å². The van der Waals surface area contributed by atoms with Crippen molar-refractivity contribution in [3.05, 3.63) is 92.8 Å². The number of halogens is 2. The third kappa shape index (κ3) is 6.27. The zero-order valence-electron chi connectivity index (χ0n) is 14.8. The molecule has 0 saturated heterocycles. The molecule has 0 atom stereocenters. The van der Waals surface area contributed by atoms with Crippen LogP contribution < -0.4 is 10.2 Å². The normalized spacial score (nSPS) is 11.1. The predicted molar refractivity (Wildman–Crippen MR) is 117 cm³/mol. The first-order valence-corrected chi connectivity index (χ1v) is 9.92. The van der Waals surface area contributed by atoms with E-state index < -0.39 is 5.97 Å². The standard InChI is InChI=1S/C21H14Br2N2O4/c22-16-4-1-3-14(11-16)21(27)25-24-13-15-12-17(23)6-8-19(15)29-20(26)9-7-18-5-2-10-28-18/h1-13H,(H,25,27). The van der Waals surface area contributed by atoms with E-state index in [1.807, 2.05) is 6.07 Å². The fraction of sp³-hybridized carbons (Fsp3) is 0. The number of carbonyl (C=O) groups is 2. The van der Waals surface area contributed by atoms with Crippen molar-refractivity contribution < 1.29 is 18.7 Å². The number of ether oxygens (including phenoxy) is 1. The van der Waals surface area contributed by atoms with E-state index in [2.05, 4.69) is 42.4 Å². The molecule has 0 saturated carbocycles. The Kier molecular flexibility index (Phi) is 7.15. The lowest BCUT2D eigenvalue weighted by Crippen LogP contribution is -2.17. The van der Waals surface area contributed by atoms with E-state index in [1.165, 1.54) is 24.6 Å². The molecule has 0 bridgehead atoms. The first-order valence-electron chi connectivity index (χ1n) is 8.33. The van der Waals surface area contributed by atoms with Gasteiger partial charge in [0.15, 0.2) is 0 Å². The Hall–Kier alpha value is -2.97. The third-order valence-corrected chi connectivity index (χ3v) is 4.55. The largest absolute Gasteiger partial charge is 0.465 e. The molecule has 0 radical (unpaired) electrons. The molecule has 1 amide bonds. The maximum absolute atomic E-state index is 12.2. The number of amides is 1. The number of nitrogens with one attached hydrogen (secondary N) is 1.